The van der Waals surface area contributed by atoms with Crippen molar-refractivity contribution in [3.8, 4) is 16.8 Å². The maximum atomic E-state index is 12.6. The molecule has 8 nitrogen and oxygen atoms in total. The molecule has 1 aliphatic heterocycles. The SMILES string of the molecule is CN1CCN(C(=O)CCCCCc2cn(-c3ccccc3)c(NC(O)c3cccc(-c4ccc5scnc5c4)c3)n2)CC1. The quantitative estimate of drug-likeness (QED) is 0.141. The van der Waals surface area contributed by atoms with Gasteiger partial charge in [-0.3, -0.25) is 9.36 Å². The molecule has 0 aliphatic carbocycles. The lowest BCUT2D eigenvalue weighted by Gasteiger charge is -2.32. The number of carbonyl (C=O) groups excluding carboxylic acids is 1. The second-order valence-electron chi connectivity index (χ2n) is 11.2. The Labute approximate surface area is 256 Å². The van der Waals surface area contributed by atoms with Gasteiger partial charge >= 0.3 is 0 Å². The first-order chi connectivity index (χ1) is 21.0. The molecule has 9 heteroatoms. The van der Waals surface area contributed by atoms with Crippen molar-refractivity contribution in [3.05, 3.63) is 95.8 Å². The van der Waals surface area contributed by atoms with Crippen LogP contribution in [0.1, 0.15) is 43.2 Å². The van der Waals surface area contributed by atoms with Crippen LogP contribution in [-0.2, 0) is 11.2 Å². The average Bonchev–Trinajstić information content (AvgIpc) is 3.68. The summed E-state index contributed by atoms with van der Waals surface area (Å²) in [6.45, 7) is 3.58. The van der Waals surface area contributed by atoms with Crippen LogP contribution in [0.4, 0.5) is 5.95 Å². The van der Waals surface area contributed by atoms with Crippen LogP contribution in [0, 0.1) is 0 Å². The van der Waals surface area contributed by atoms with Gasteiger partial charge in [-0.05, 0) is 67.8 Å². The molecule has 2 N–H and O–H groups in total. The summed E-state index contributed by atoms with van der Waals surface area (Å²) in [7, 11) is 2.10. The number of fused-ring (bicyclic) bond motifs is 1. The number of aromatic nitrogens is 3. The number of aryl methyl sites for hydroxylation is 1. The van der Waals surface area contributed by atoms with E-state index in [4.69, 9.17) is 4.98 Å². The van der Waals surface area contributed by atoms with E-state index in [2.05, 4.69) is 40.4 Å². The molecule has 1 atom stereocenters. The summed E-state index contributed by atoms with van der Waals surface area (Å²) in [6, 6.07) is 24.2. The van der Waals surface area contributed by atoms with Crippen molar-refractivity contribution in [1.29, 1.82) is 0 Å². The summed E-state index contributed by atoms with van der Waals surface area (Å²) in [5, 5.41) is 14.5. The number of piperazine rings is 1. The molecule has 0 saturated carbocycles. The monoisotopic (exact) mass is 594 g/mol. The van der Waals surface area contributed by atoms with Gasteiger partial charge < -0.3 is 20.2 Å². The van der Waals surface area contributed by atoms with Crippen LogP contribution in [0.3, 0.4) is 0 Å². The van der Waals surface area contributed by atoms with Gasteiger partial charge in [0.2, 0.25) is 11.9 Å². The van der Waals surface area contributed by atoms with Gasteiger partial charge in [-0.2, -0.15) is 0 Å². The Morgan fingerprint density at radius 3 is 2.60 bits per heavy atom. The van der Waals surface area contributed by atoms with Gasteiger partial charge in [0, 0.05) is 50.0 Å². The van der Waals surface area contributed by atoms with Gasteiger partial charge in [-0.25, -0.2) is 9.97 Å². The van der Waals surface area contributed by atoms with Crippen LogP contribution >= 0.6 is 11.3 Å². The fraction of sp³-hybridized carbons (Fsp3) is 0.324. The first-order valence-corrected chi connectivity index (χ1v) is 15.9. The molecule has 2 aromatic heterocycles. The Morgan fingerprint density at radius 1 is 0.953 bits per heavy atom. The van der Waals surface area contributed by atoms with E-state index in [1.807, 2.05) is 75.8 Å². The number of unbranched alkanes of at least 4 members (excludes halogenated alkanes) is 2. The molecule has 0 bridgehead atoms. The number of anilines is 1. The number of carbonyl (C=O) groups is 1. The molecule has 1 amide bonds. The number of nitrogens with one attached hydrogen (secondary N) is 1. The molecule has 43 heavy (non-hydrogen) atoms. The largest absolute Gasteiger partial charge is 0.369 e. The number of aliphatic hydroxyl groups is 1. The zero-order valence-corrected chi connectivity index (χ0v) is 25.3. The molecule has 1 aliphatic rings. The Hall–Kier alpha value is -4.05. The van der Waals surface area contributed by atoms with Gasteiger partial charge in [-0.1, -0.05) is 48.9 Å². The van der Waals surface area contributed by atoms with Crippen molar-refractivity contribution in [3.63, 3.8) is 0 Å². The molecule has 1 fully saturated rings. The minimum atomic E-state index is -0.943. The van der Waals surface area contributed by atoms with E-state index in [0.29, 0.717) is 12.4 Å². The lowest BCUT2D eigenvalue weighted by atomic mass is 10.0. The number of imidazole rings is 1. The molecule has 6 rings (SSSR count). The van der Waals surface area contributed by atoms with Crippen LogP contribution in [0.5, 0.6) is 0 Å². The molecule has 1 saturated heterocycles. The number of para-hydroxylation sites is 1. The highest BCUT2D eigenvalue weighted by Crippen LogP contribution is 2.29. The second kappa shape index (κ2) is 13.5. The van der Waals surface area contributed by atoms with E-state index >= 15 is 0 Å². The molecule has 0 radical (unpaired) electrons. The maximum Gasteiger partial charge on any atom is 0.222 e. The minimum Gasteiger partial charge on any atom is -0.369 e. The summed E-state index contributed by atoms with van der Waals surface area (Å²) >= 11 is 1.63. The third-order valence-corrected chi connectivity index (χ3v) is 8.91. The van der Waals surface area contributed by atoms with Crippen molar-refractivity contribution >= 4 is 33.4 Å². The van der Waals surface area contributed by atoms with E-state index in [-0.39, 0.29) is 5.91 Å². The van der Waals surface area contributed by atoms with Gasteiger partial charge in [0.1, 0.15) is 0 Å². The Bertz CT molecular complexity index is 1660. The van der Waals surface area contributed by atoms with Gasteiger partial charge in [0.25, 0.3) is 0 Å². The summed E-state index contributed by atoms with van der Waals surface area (Å²) in [5.41, 5.74) is 7.60. The number of nitrogens with zero attached hydrogens (tertiary/aromatic N) is 5. The van der Waals surface area contributed by atoms with E-state index < -0.39 is 6.23 Å². The zero-order valence-electron chi connectivity index (χ0n) is 24.5. The third kappa shape index (κ3) is 7.13. The molecular formula is C34H38N6O2S. The molecule has 1 unspecified atom stereocenters. The standard InChI is InChI=1S/C34H38N6O2S/c1-38-17-19-39(20-18-38)32(41)14-7-2-4-11-28-23-40(29-12-5-3-6-13-29)34(36-28)37-33(42)27-10-8-9-25(21-27)26-15-16-31-30(22-26)35-24-43-31/h3,5-6,8-10,12-13,15-16,21-24,33,42H,2,4,7,11,14,17-20H2,1H3,(H,36,37). The number of hydrogen-bond donors (Lipinski definition) is 2. The summed E-state index contributed by atoms with van der Waals surface area (Å²) < 4.78 is 3.15. The molecule has 3 heterocycles. The molecule has 3 aromatic carbocycles. The molecular weight excluding hydrogens is 556 g/mol. The average molecular weight is 595 g/mol. The maximum absolute atomic E-state index is 12.6. The van der Waals surface area contributed by atoms with Gasteiger partial charge in [0.15, 0.2) is 6.23 Å². The number of likely N-dealkylation sites (N-methyl/N-ethyl adjacent to an activating group) is 1. The van der Waals surface area contributed by atoms with Crippen molar-refractivity contribution < 1.29 is 9.90 Å². The van der Waals surface area contributed by atoms with E-state index in [1.165, 1.54) is 0 Å². The number of benzene rings is 3. The first kappa shape index (κ1) is 29.0. The van der Waals surface area contributed by atoms with Gasteiger partial charge in [-0.15, -0.1) is 11.3 Å². The van der Waals surface area contributed by atoms with Crippen LogP contribution in [-0.4, -0.2) is 68.6 Å². The van der Waals surface area contributed by atoms with Crippen molar-refractivity contribution in [2.24, 2.45) is 0 Å². The second-order valence-corrected chi connectivity index (χ2v) is 12.1. The van der Waals surface area contributed by atoms with Crippen molar-refractivity contribution in [2.75, 3.05) is 38.5 Å². The van der Waals surface area contributed by atoms with Crippen LogP contribution in [0.2, 0.25) is 0 Å². The number of aliphatic hydroxyl groups excluding tert-OH is 1. The van der Waals surface area contributed by atoms with Crippen molar-refractivity contribution in [1.82, 2.24) is 24.3 Å². The van der Waals surface area contributed by atoms with Crippen LogP contribution in [0.25, 0.3) is 27.0 Å². The van der Waals surface area contributed by atoms with Crippen molar-refractivity contribution in [2.45, 2.75) is 38.3 Å². The Balaban J connectivity index is 1.10. The van der Waals surface area contributed by atoms with E-state index in [9.17, 15) is 9.90 Å². The first-order valence-electron chi connectivity index (χ1n) is 15.0. The minimum absolute atomic E-state index is 0.273. The Kier molecular flexibility index (Phi) is 9.12. The lowest BCUT2D eigenvalue weighted by molar-refractivity contribution is -0.132. The highest BCUT2D eigenvalue weighted by molar-refractivity contribution is 7.16. The highest BCUT2D eigenvalue weighted by Gasteiger charge is 2.19. The predicted molar refractivity (Wildman–Crippen MR) is 173 cm³/mol. The Morgan fingerprint density at radius 2 is 1.77 bits per heavy atom. The molecule has 0 spiro atoms. The summed E-state index contributed by atoms with van der Waals surface area (Å²) in [4.78, 5) is 26.2. The number of rotatable bonds is 11. The zero-order chi connectivity index (χ0) is 29.6. The normalized spacial score (nSPS) is 14.7. The third-order valence-electron chi connectivity index (χ3n) is 8.10. The highest BCUT2D eigenvalue weighted by atomic mass is 32.1. The fourth-order valence-electron chi connectivity index (χ4n) is 5.54. The lowest BCUT2D eigenvalue weighted by Crippen LogP contribution is -2.47. The van der Waals surface area contributed by atoms with Crippen LogP contribution < -0.4 is 5.32 Å². The summed E-state index contributed by atoms with van der Waals surface area (Å²) in [5.74, 6) is 0.864. The van der Waals surface area contributed by atoms with E-state index in [1.54, 1.807) is 11.3 Å². The number of amides is 1. The van der Waals surface area contributed by atoms with Gasteiger partial charge in [0.05, 0.1) is 21.4 Å². The topological polar surface area (TPSA) is 86.5 Å². The smallest absolute Gasteiger partial charge is 0.222 e. The number of thiazole rings is 1. The number of hydrogen-bond acceptors (Lipinski definition) is 7. The molecule has 5 aromatic rings. The fourth-order valence-corrected chi connectivity index (χ4v) is 6.20. The molecule has 222 valence electrons. The predicted octanol–water partition coefficient (Wildman–Crippen LogP) is 6.13. The van der Waals surface area contributed by atoms with E-state index in [0.717, 1.165) is 90.2 Å². The van der Waals surface area contributed by atoms with Crippen LogP contribution in [0.15, 0.2) is 84.5 Å². The summed E-state index contributed by atoms with van der Waals surface area (Å²) in [6.07, 6.45) is 5.33.